The van der Waals surface area contributed by atoms with Crippen LogP contribution in [0.3, 0.4) is 0 Å². The van der Waals surface area contributed by atoms with Crippen molar-refractivity contribution in [1.29, 1.82) is 0 Å². The number of rotatable bonds is 19. The molecule has 1 fully saturated rings. The smallest absolute Gasteiger partial charge is 0.316 e. The van der Waals surface area contributed by atoms with Crippen LogP contribution in [0.2, 0.25) is 0 Å². The van der Waals surface area contributed by atoms with Crippen LogP contribution < -0.4 is 26.8 Å². The maximum atomic E-state index is 13.7. The minimum absolute atomic E-state index is 0.118. The molecule has 1 saturated heterocycles. The highest BCUT2D eigenvalue weighted by molar-refractivity contribution is 5.95. The first-order valence-corrected chi connectivity index (χ1v) is 24.4. The van der Waals surface area contributed by atoms with E-state index < -0.39 is 18.0 Å². The highest BCUT2D eigenvalue weighted by Gasteiger charge is 2.45. The summed E-state index contributed by atoms with van der Waals surface area (Å²) in [4.78, 5) is 35.9. The van der Waals surface area contributed by atoms with Crippen LogP contribution >= 0.6 is 0 Å². The number of aromatic nitrogens is 3. The van der Waals surface area contributed by atoms with Crippen molar-refractivity contribution in [3.05, 3.63) is 89.9 Å². The van der Waals surface area contributed by atoms with E-state index in [0.29, 0.717) is 34.9 Å². The predicted molar refractivity (Wildman–Crippen MR) is 263 cm³/mol. The van der Waals surface area contributed by atoms with Crippen LogP contribution in [0.5, 0.6) is 0 Å². The van der Waals surface area contributed by atoms with Gasteiger partial charge in [0.05, 0.1) is 35.2 Å². The SMILES string of the molecule is C#Cc1c2[nH]c(c1C)/C=C1\N/C(=C3\c4[n-]c(c(C)c4[C@@H](O)[C@@H]3C(=O)OC)/C=c3/c(CC)c(C)/c(n3N)=C/2)[C@@H](CCC(=O)OC/C=C(\C)CCC[C@@H](C)CCC[C@H](C)CCCC(C)C)[C@@H]1C. The quantitative estimate of drug-likeness (QED) is 0.0404. The maximum Gasteiger partial charge on any atom is 0.316 e. The zero-order valence-electron chi connectivity index (χ0n) is 41.2. The van der Waals surface area contributed by atoms with Gasteiger partial charge in [0, 0.05) is 35.3 Å². The second kappa shape index (κ2) is 21.4. The number of carbonyl (C=O) groups excluding carboxylic acids is 2. The lowest BCUT2D eigenvalue weighted by atomic mass is 9.84. The molecule has 10 nitrogen and oxygen atoms in total. The Balaban J connectivity index is 1.23. The fourth-order valence-electron chi connectivity index (χ4n) is 10.6. The molecule has 352 valence electrons. The van der Waals surface area contributed by atoms with Gasteiger partial charge in [-0.3, -0.25) is 14.3 Å². The fraction of sp³-hybridized carbons (Fsp3) is 0.564. The van der Waals surface area contributed by atoms with Gasteiger partial charge < -0.3 is 35.7 Å². The van der Waals surface area contributed by atoms with E-state index in [0.717, 1.165) is 92.4 Å². The van der Waals surface area contributed by atoms with Crippen molar-refractivity contribution in [2.24, 2.45) is 35.5 Å². The number of fused-ring (bicyclic) bond motifs is 7. The molecule has 6 rings (SSSR count). The third-order valence-electron chi connectivity index (χ3n) is 14.8. The molecule has 3 aromatic heterocycles. The van der Waals surface area contributed by atoms with Crippen LogP contribution in [0.25, 0.3) is 23.8 Å². The van der Waals surface area contributed by atoms with E-state index in [1.165, 1.54) is 57.6 Å². The van der Waals surface area contributed by atoms with Crippen molar-refractivity contribution in [2.45, 2.75) is 152 Å². The number of nitrogens with one attached hydrogen (secondary N) is 2. The first-order chi connectivity index (χ1) is 31.0. The Bertz CT molecular complexity index is 2500. The molecule has 0 saturated carbocycles. The number of carbonyl (C=O) groups is 2. The number of aliphatic hydroxyl groups excluding tert-OH is 1. The number of esters is 2. The van der Waals surface area contributed by atoms with Crippen LogP contribution in [0, 0.1) is 68.6 Å². The average molecular weight is 887 g/mol. The Morgan fingerprint density at radius 3 is 2.28 bits per heavy atom. The van der Waals surface area contributed by atoms with E-state index in [2.05, 4.69) is 77.7 Å². The molecule has 10 heteroatoms. The largest absolute Gasteiger partial charge is 0.657 e. The second-order valence-corrected chi connectivity index (χ2v) is 19.9. The first kappa shape index (κ1) is 49.3. The Morgan fingerprint density at radius 1 is 0.954 bits per heavy atom. The van der Waals surface area contributed by atoms with Crippen molar-refractivity contribution < 1.29 is 24.2 Å². The van der Waals surface area contributed by atoms with Crippen molar-refractivity contribution in [1.82, 2.24) is 20.0 Å². The van der Waals surface area contributed by atoms with E-state index >= 15 is 0 Å². The summed E-state index contributed by atoms with van der Waals surface area (Å²) in [6, 6.07) is 0. The second-order valence-electron chi connectivity index (χ2n) is 19.9. The molecule has 3 aromatic rings. The van der Waals surface area contributed by atoms with Gasteiger partial charge in [-0.05, 0) is 117 Å². The molecule has 2 aliphatic heterocycles. The predicted octanol–water partition coefficient (Wildman–Crippen LogP) is 9.08. The Morgan fingerprint density at radius 2 is 1.63 bits per heavy atom. The lowest BCUT2D eigenvalue weighted by Gasteiger charge is -2.24. The normalized spacial score (nSPS) is 22.9. The molecule has 65 heavy (non-hydrogen) atoms. The van der Waals surface area contributed by atoms with Crippen molar-refractivity contribution in [2.75, 3.05) is 19.6 Å². The number of nitrogen functional groups attached to an aromatic ring is 1. The van der Waals surface area contributed by atoms with E-state index in [1.807, 2.05) is 32.1 Å². The lowest BCUT2D eigenvalue weighted by molar-refractivity contribution is -0.146. The van der Waals surface area contributed by atoms with Crippen LogP contribution in [0.15, 0.2) is 23.0 Å². The fourth-order valence-corrected chi connectivity index (χ4v) is 10.6. The van der Waals surface area contributed by atoms with E-state index in [-0.39, 0.29) is 30.8 Å². The third-order valence-corrected chi connectivity index (χ3v) is 14.8. The Kier molecular flexibility index (Phi) is 16.3. The summed E-state index contributed by atoms with van der Waals surface area (Å²) in [5, 5.41) is 17.3. The van der Waals surface area contributed by atoms with Gasteiger partial charge in [-0.25, -0.2) is 0 Å². The number of allylic oxidation sites excluding steroid dienone is 3. The van der Waals surface area contributed by atoms with Gasteiger partial charge in [-0.1, -0.05) is 110 Å². The number of nitrogens with zero attached hydrogens (tertiary/aromatic N) is 2. The monoisotopic (exact) mass is 887 g/mol. The van der Waals surface area contributed by atoms with Crippen LogP contribution in [-0.2, 0) is 25.5 Å². The molecule has 1 aliphatic carbocycles. The van der Waals surface area contributed by atoms with Crippen LogP contribution in [0.4, 0.5) is 0 Å². The lowest BCUT2D eigenvalue weighted by Crippen LogP contribution is -2.35. The third kappa shape index (κ3) is 10.6. The molecule has 5 N–H and O–H groups in total. The molecule has 0 amide bonds. The minimum Gasteiger partial charge on any atom is -0.657 e. The van der Waals surface area contributed by atoms with Gasteiger partial charge in [0.15, 0.2) is 0 Å². The van der Waals surface area contributed by atoms with Crippen LogP contribution in [-0.4, -0.2) is 40.4 Å². The molecule has 0 unspecified atom stereocenters. The zero-order valence-corrected chi connectivity index (χ0v) is 41.2. The van der Waals surface area contributed by atoms with E-state index in [1.54, 1.807) is 4.68 Å². The number of ether oxygens (including phenoxy) is 2. The maximum absolute atomic E-state index is 13.7. The molecular formula is C55H76N5O5-. The molecule has 0 radical (unpaired) electrons. The number of methoxy groups -OCH3 is 1. The first-order valence-electron chi connectivity index (χ1n) is 24.4. The molecule has 8 bridgehead atoms. The number of aromatic amines is 1. The molecule has 3 aliphatic rings. The van der Waals surface area contributed by atoms with Crippen molar-refractivity contribution in [3.8, 4) is 12.3 Å². The summed E-state index contributed by atoms with van der Waals surface area (Å²) in [5.74, 6) is 9.91. The summed E-state index contributed by atoms with van der Waals surface area (Å²) in [5.41, 5.74) is 11.4. The number of hydrogen-bond acceptors (Lipinski definition) is 7. The van der Waals surface area contributed by atoms with Crippen LogP contribution in [0.1, 0.15) is 181 Å². The van der Waals surface area contributed by atoms with Crippen molar-refractivity contribution >= 4 is 35.7 Å². The van der Waals surface area contributed by atoms with Crippen molar-refractivity contribution in [3.63, 3.8) is 0 Å². The highest BCUT2D eigenvalue weighted by atomic mass is 16.5. The van der Waals surface area contributed by atoms with Gasteiger partial charge in [0.2, 0.25) is 0 Å². The van der Waals surface area contributed by atoms with Gasteiger partial charge >= 0.3 is 11.9 Å². The number of hydrogen-bond donors (Lipinski definition) is 4. The summed E-state index contributed by atoms with van der Waals surface area (Å²) in [6.45, 7) is 22.0. The molecule has 6 atom stereocenters. The summed E-state index contributed by atoms with van der Waals surface area (Å²) < 4.78 is 12.8. The Hall–Kier alpha value is -5.14. The van der Waals surface area contributed by atoms with Gasteiger partial charge in [0.25, 0.3) is 0 Å². The molecule has 0 aromatic carbocycles. The number of nitrogens with two attached hydrogens (primary N) is 1. The molecular weight excluding hydrogens is 811 g/mol. The van der Waals surface area contributed by atoms with Gasteiger partial charge in [-0.2, -0.15) is 0 Å². The summed E-state index contributed by atoms with van der Waals surface area (Å²) in [7, 11) is 1.34. The van der Waals surface area contributed by atoms with Gasteiger partial charge in [0.1, 0.15) is 12.5 Å². The summed E-state index contributed by atoms with van der Waals surface area (Å²) in [6.07, 6.45) is 25.7. The minimum atomic E-state index is -1.19. The number of H-pyrrole nitrogens is 1. The van der Waals surface area contributed by atoms with E-state index in [4.69, 9.17) is 26.7 Å². The standard InChI is InChI=1S/C55H76N5O5/c1-13-39-35(8)42-28-43-36(9)41(24-25-48(61)65-27-26-34(7)23-17-22-33(6)21-16-20-32(5)19-15-18-31(3)4)52(58-43)50-51(55(63)64-12)54(62)49-38(11)44(59-53(49)50)29-47-40(14-2)37(10)46(60(47)56)30-45(39)57-42/h1,26,28-33,36,41,51,54,57-58,62H,14-25,27,56H2,2-12H3/q-1/b34-26+,43-28-,46-30-,47-29-,52-50-/t32-,33+,36+,41+,51-,54-/m1/s1. The average Bonchev–Trinajstić information content (AvgIpc) is 3.99. The number of terminal acetylenes is 1. The highest BCUT2D eigenvalue weighted by Crippen LogP contribution is 2.52. The van der Waals surface area contributed by atoms with E-state index in [9.17, 15) is 14.7 Å². The zero-order chi connectivity index (χ0) is 47.3. The summed E-state index contributed by atoms with van der Waals surface area (Å²) >= 11 is 0. The Labute approximate surface area is 388 Å². The van der Waals surface area contributed by atoms with Gasteiger partial charge in [-0.15, -0.1) is 17.8 Å². The topological polar surface area (TPSA) is 146 Å². The number of aliphatic hydroxyl groups is 1. The molecule has 0 spiro atoms. The molecule has 5 heterocycles.